The van der Waals surface area contributed by atoms with Crippen LogP contribution in [0.25, 0.3) is 0 Å². The van der Waals surface area contributed by atoms with E-state index in [9.17, 15) is 27.5 Å². The predicted molar refractivity (Wildman–Crippen MR) is 121 cm³/mol. The van der Waals surface area contributed by atoms with Crippen molar-refractivity contribution in [3.05, 3.63) is 88.1 Å². The maximum absolute atomic E-state index is 14.6. The van der Waals surface area contributed by atoms with E-state index in [2.05, 4.69) is 10.3 Å². The Kier molecular flexibility index (Phi) is 7.32. The molecule has 2 aromatic carbocycles. The predicted octanol–water partition coefficient (Wildman–Crippen LogP) is 3.66. The lowest BCUT2D eigenvalue weighted by atomic mass is 10.0. The van der Waals surface area contributed by atoms with E-state index in [0.717, 1.165) is 12.1 Å². The van der Waals surface area contributed by atoms with Crippen LogP contribution in [0.3, 0.4) is 0 Å². The van der Waals surface area contributed by atoms with E-state index in [0.29, 0.717) is 35.6 Å². The SMILES string of the molecule is COC[C@H](O)CNC(=O)c1c(F)ccc2c1CCN2c1cc(Cc2cc(F)c(F)c(F)c2)ccn1. The highest BCUT2D eigenvalue weighted by molar-refractivity contribution is 5.98. The van der Waals surface area contributed by atoms with Gasteiger partial charge in [-0.2, -0.15) is 0 Å². The number of carbonyl (C=O) groups excluding carboxylic acids is 1. The zero-order valence-corrected chi connectivity index (χ0v) is 18.8. The quantitative estimate of drug-likeness (QED) is 0.373. The first-order chi connectivity index (χ1) is 16.8. The number of amides is 1. The van der Waals surface area contributed by atoms with Gasteiger partial charge in [0.25, 0.3) is 5.91 Å². The molecule has 0 saturated carbocycles. The molecule has 184 valence electrons. The zero-order valence-electron chi connectivity index (χ0n) is 18.8. The van der Waals surface area contributed by atoms with Gasteiger partial charge in [0.15, 0.2) is 17.5 Å². The molecular weight excluding hydrogens is 466 g/mol. The third-order valence-corrected chi connectivity index (χ3v) is 5.74. The Morgan fingerprint density at radius 1 is 1.11 bits per heavy atom. The molecule has 1 amide bonds. The van der Waals surface area contributed by atoms with E-state index in [-0.39, 0.29) is 30.7 Å². The molecule has 4 rings (SSSR count). The summed E-state index contributed by atoms with van der Waals surface area (Å²) >= 11 is 0. The van der Waals surface area contributed by atoms with Gasteiger partial charge in [0.2, 0.25) is 0 Å². The Morgan fingerprint density at radius 2 is 1.86 bits per heavy atom. The molecule has 1 atom stereocenters. The minimum absolute atomic E-state index is 0.0304. The molecule has 2 N–H and O–H groups in total. The largest absolute Gasteiger partial charge is 0.389 e. The average molecular weight is 489 g/mol. The van der Waals surface area contributed by atoms with Gasteiger partial charge in [0, 0.05) is 32.1 Å². The molecule has 35 heavy (non-hydrogen) atoms. The molecule has 0 unspecified atom stereocenters. The van der Waals surface area contributed by atoms with Crippen molar-refractivity contribution in [1.82, 2.24) is 10.3 Å². The van der Waals surface area contributed by atoms with Crippen molar-refractivity contribution in [1.29, 1.82) is 0 Å². The van der Waals surface area contributed by atoms with Gasteiger partial charge in [-0.15, -0.1) is 0 Å². The van der Waals surface area contributed by atoms with Crippen LogP contribution in [0.1, 0.15) is 27.0 Å². The summed E-state index contributed by atoms with van der Waals surface area (Å²) in [5.74, 6) is -4.84. The summed E-state index contributed by atoms with van der Waals surface area (Å²) in [7, 11) is 1.42. The number of hydrogen-bond donors (Lipinski definition) is 2. The maximum Gasteiger partial charge on any atom is 0.254 e. The second-order valence-corrected chi connectivity index (χ2v) is 8.21. The van der Waals surface area contributed by atoms with E-state index in [1.807, 2.05) is 4.90 Å². The van der Waals surface area contributed by atoms with Crippen LogP contribution in [0.15, 0.2) is 42.6 Å². The molecule has 1 aromatic heterocycles. The molecule has 1 aliphatic heterocycles. The first-order valence-electron chi connectivity index (χ1n) is 10.9. The molecule has 1 aliphatic rings. The summed E-state index contributed by atoms with van der Waals surface area (Å²) in [5.41, 5.74) is 1.97. The molecule has 10 heteroatoms. The molecule has 0 spiro atoms. The number of nitrogens with zero attached hydrogens (tertiary/aromatic N) is 2. The van der Waals surface area contributed by atoms with Crippen LogP contribution in [-0.2, 0) is 17.6 Å². The monoisotopic (exact) mass is 489 g/mol. The van der Waals surface area contributed by atoms with Crippen molar-refractivity contribution in [2.24, 2.45) is 0 Å². The van der Waals surface area contributed by atoms with Crippen LogP contribution >= 0.6 is 0 Å². The second-order valence-electron chi connectivity index (χ2n) is 8.21. The zero-order chi connectivity index (χ0) is 25.1. The van der Waals surface area contributed by atoms with Crippen LogP contribution in [0.4, 0.5) is 29.1 Å². The third kappa shape index (κ3) is 5.28. The number of hydrogen-bond acceptors (Lipinski definition) is 5. The first kappa shape index (κ1) is 24.6. The number of pyridine rings is 1. The topological polar surface area (TPSA) is 74.7 Å². The summed E-state index contributed by atoms with van der Waals surface area (Å²) < 4.78 is 59.9. The molecule has 0 radical (unpaired) electrons. The molecule has 0 bridgehead atoms. The van der Waals surface area contributed by atoms with E-state index in [1.54, 1.807) is 18.2 Å². The van der Waals surface area contributed by atoms with Gasteiger partial charge in [-0.25, -0.2) is 22.5 Å². The lowest BCUT2D eigenvalue weighted by Crippen LogP contribution is -2.35. The van der Waals surface area contributed by atoms with Gasteiger partial charge in [-0.05, 0) is 65.9 Å². The number of nitrogens with one attached hydrogen (secondary N) is 1. The van der Waals surface area contributed by atoms with E-state index >= 15 is 0 Å². The van der Waals surface area contributed by atoms with E-state index in [4.69, 9.17) is 4.74 Å². The fourth-order valence-electron chi connectivity index (χ4n) is 4.16. The second kappa shape index (κ2) is 10.4. The average Bonchev–Trinajstić information content (AvgIpc) is 3.25. The number of anilines is 2. The van der Waals surface area contributed by atoms with Crippen molar-refractivity contribution in [2.75, 3.05) is 31.7 Å². The van der Waals surface area contributed by atoms with Gasteiger partial charge in [-0.3, -0.25) is 4.79 Å². The first-order valence-corrected chi connectivity index (χ1v) is 10.9. The summed E-state index contributed by atoms with van der Waals surface area (Å²) in [5, 5.41) is 12.3. The normalized spacial score (nSPS) is 13.6. The molecule has 0 aliphatic carbocycles. The van der Waals surface area contributed by atoms with E-state index in [1.165, 1.54) is 19.4 Å². The van der Waals surface area contributed by atoms with E-state index < -0.39 is 35.3 Å². The number of aromatic nitrogens is 1. The number of aliphatic hydroxyl groups is 1. The standard InChI is InChI=1S/C25H23F4N3O3/c1-35-13-16(33)12-31-25(34)23-17-5-7-32(21(17)3-2-18(23)26)22-11-14(4-6-30-22)8-15-9-19(27)24(29)20(28)10-15/h2-4,6,9-11,16,33H,5,7-8,12-13H2,1H3,(H,31,34)/t16-/m1/s1. The highest BCUT2D eigenvalue weighted by Gasteiger charge is 2.29. The van der Waals surface area contributed by atoms with Crippen LogP contribution < -0.4 is 10.2 Å². The summed E-state index contributed by atoms with van der Waals surface area (Å²) in [6, 6.07) is 8.05. The fraction of sp³-hybridized carbons (Fsp3) is 0.280. The lowest BCUT2D eigenvalue weighted by Gasteiger charge is -2.20. The van der Waals surface area contributed by atoms with Crippen molar-refractivity contribution >= 4 is 17.4 Å². The Bertz CT molecular complexity index is 1230. The highest BCUT2D eigenvalue weighted by atomic mass is 19.2. The van der Waals surface area contributed by atoms with Gasteiger partial charge in [0.1, 0.15) is 11.6 Å². The van der Waals surface area contributed by atoms with Crippen molar-refractivity contribution in [3.8, 4) is 0 Å². The van der Waals surface area contributed by atoms with Crippen LogP contribution in [0.5, 0.6) is 0 Å². The number of fused-ring (bicyclic) bond motifs is 1. The molecule has 0 fully saturated rings. The maximum atomic E-state index is 14.6. The van der Waals surface area contributed by atoms with Crippen molar-refractivity contribution in [3.63, 3.8) is 0 Å². The Labute approximate surface area is 199 Å². The number of carbonyl (C=O) groups is 1. The summed E-state index contributed by atoms with van der Waals surface area (Å²) in [4.78, 5) is 18.9. The number of rotatable bonds is 8. The number of ether oxygens (including phenoxy) is 1. The van der Waals surface area contributed by atoms with Gasteiger partial charge < -0.3 is 20.1 Å². The highest BCUT2D eigenvalue weighted by Crippen LogP contribution is 2.37. The minimum Gasteiger partial charge on any atom is -0.389 e. The summed E-state index contributed by atoms with van der Waals surface area (Å²) in [6.07, 6.45) is 1.14. The molecule has 2 heterocycles. The molecule has 0 saturated heterocycles. The summed E-state index contributed by atoms with van der Waals surface area (Å²) in [6.45, 7) is 0.373. The lowest BCUT2D eigenvalue weighted by molar-refractivity contribution is 0.0608. The fourth-order valence-corrected chi connectivity index (χ4v) is 4.16. The number of halogens is 4. The van der Waals surface area contributed by atoms with Crippen LogP contribution in [-0.4, -0.2) is 48.9 Å². The van der Waals surface area contributed by atoms with Crippen LogP contribution in [0.2, 0.25) is 0 Å². The smallest absolute Gasteiger partial charge is 0.254 e. The number of aliphatic hydroxyl groups excluding tert-OH is 1. The molecule has 6 nitrogen and oxygen atoms in total. The van der Waals surface area contributed by atoms with Crippen molar-refractivity contribution < 1.29 is 32.2 Å². The third-order valence-electron chi connectivity index (χ3n) is 5.74. The number of benzene rings is 2. The van der Waals surface area contributed by atoms with Gasteiger partial charge in [-0.1, -0.05) is 0 Å². The Balaban J connectivity index is 1.57. The van der Waals surface area contributed by atoms with Gasteiger partial charge >= 0.3 is 0 Å². The number of methoxy groups -OCH3 is 1. The minimum atomic E-state index is -1.52. The Morgan fingerprint density at radius 3 is 2.57 bits per heavy atom. The van der Waals surface area contributed by atoms with Crippen LogP contribution in [0, 0.1) is 23.3 Å². The van der Waals surface area contributed by atoms with Crippen molar-refractivity contribution in [2.45, 2.75) is 18.9 Å². The molecular formula is C25H23F4N3O3. The molecule has 3 aromatic rings. The Hall–Kier alpha value is -3.50. The van der Waals surface area contributed by atoms with Gasteiger partial charge in [0.05, 0.1) is 18.3 Å².